The van der Waals surface area contributed by atoms with Gasteiger partial charge in [0.2, 0.25) is 0 Å². The summed E-state index contributed by atoms with van der Waals surface area (Å²) in [5, 5.41) is 10.4. The Morgan fingerprint density at radius 3 is 2.25 bits per heavy atom. The van der Waals surface area contributed by atoms with Crippen molar-refractivity contribution in [2.45, 2.75) is 6.61 Å². The molecule has 0 unspecified atom stereocenters. The molecular weight excluding hydrogens is 525 g/mol. The van der Waals surface area contributed by atoms with Crippen LogP contribution in [0.4, 0.5) is 0 Å². The molecule has 140 valence electrons. The summed E-state index contributed by atoms with van der Waals surface area (Å²) in [7, 11) is 0. The van der Waals surface area contributed by atoms with E-state index >= 15 is 0 Å². The maximum absolute atomic E-state index is 9.56. The molecule has 3 aromatic rings. The molecule has 2 nitrogen and oxygen atoms in total. The van der Waals surface area contributed by atoms with Gasteiger partial charge in [-0.05, 0) is 78.9 Å². The first-order valence-corrected chi connectivity index (χ1v) is 10.5. The average molecular weight is 538 g/mol. The average Bonchev–Trinajstić information content (AvgIpc) is 2.68. The van der Waals surface area contributed by atoms with E-state index in [1.165, 1.54) is 0 Å². The molecule has 0 bridgehead atoms. The lowest BCUT2D eigenvalue weighted by Crippen LogP contribution is -1.97. The van der Waals surface area contributed by atoms with Gasteiger partial charge in [0.1, 0.15) is 12.4 Å². The minimum Gasteiger partial charge on any atom is -0.487 e. The van der Waals surface area contributed by atoms with E-state index in [1.54, 1.807) is 24.3 Å². The molecule has 0 aliphatic carbocycles. The van der Waals surface area contributed by atoms with Crippen molar-refractivity contribution in [2.24, 2.45) is 0 Å². The van der Waals surface area contributed by atoms with E-state index in [-0.39, 0.29) is 0 Å². The molecule has 0 aromatic heterocycles. The second-order valence-electron chi connectivity index (χ2n) is 5.89. The van der Waals surface area contributed by atoms with Crippen LogP contribution in [0.3, 0.4) is 0 Å². The van der Waals surface area contributed by atoms with Crippen molar-refractivity contribution >= 4 is 66.7 Å². The second kappa shape index (κ2) is 9.62. The summed E-state index contributed by atoms with van der Waals surface area (Å²) in [5.74, 6) is 0.703. The van der Waals surface area contributed by atoms with Gasteiger partial charge in [-0.3, -0.25) is 0 Å². The molecule has 0 fully saturated rings. The Morgan fingerprint density at radius 1 is 0.964 bits per heavy atom. The summed E-state index contributed by atoms with van der Waals surface area (Å²) in [5.41, 5.74) is 3.11. The third-order valence-electron chi connectivity index (χ3n) is 3.91. The van der Waals surface area contributed by atoms with Crippen molar-refractivity contribution in [3.05, 3.63) is 96.3 Å². The molecule has 0 saturated carbocycles. The van der Waals surface area contributed by atoms with Gasteiger partial charge in [0.15, 0.2) is 0 Å². The lowest BCUT2D eigenvalue weighted by Gasteiger charge is -2.12. The highest BCUT2D eigenvalue weighted by Gasteiger charge is 2.11. The molecule has 0 spiro atoms. The van der Waals surface area contributed by atoms with E-state index in [4.69, 9.17) is 27.9 Å². The number of ether oxygens (including phenoxy) is 1. The van der Waals surface area contributed by atoms with E-state index in [1.807, 2.05) is 42.5 Å². The lowest BCUT2D eigenvalue weighted by molar-refractivity contribution is 0.302. The van der Waals surface area contributed by atoms with Crippen LogP contribution in [0, 0.1) is 11.3 Å². The fraction of sp³-hybridized carbons (Fsp3) is 0.0455. The van der Waals surface area contributed by atoms with Gasteiger partial charge in [-0.25, -0.2) is 0 Å². The van der Waals surface area contributed by atoms with Crippen molar-refractivity contribution in [1.29, 1.82) is 5.26 Å². The third kappa shape index (κ3) is 5.18. The third-order valence-corrected chi connectivity index (χ3v) is 5.83. The molecule has 0 amide bonds. The van der Waals surface area contributed by atoms with E-state index in [9.17, 15) is 5.26 Å². The summed E-state index contributed by atoms with van der Waals surface area (Å²) in [6.45, 7) is 0.458. The Bertz CT molecular complexity index is 1050. The van der Waals surface area contributed by atoms with Crippen LogP contribution in [0.5, 0.6) is 5.75 Å². The predicted octanol–water partition coefficient (Wildman–Crippen LogP) is 8.16. The van der Waals surface area contributed by atoms with Crippen molar-refractivity contribution < 1.29 is 4.74 Å². The maximum Gasteiger partial charge on any atom is 0.148 e. The smallest absolute Gasteiger partial charge is 0.148 e. The Hall–Kier alpha value is -1.77. The quantitative estimate of drug-likeness (QED) is 0.243. The van der Waals surface area contributed by atoms with Gasteiger partial charge in [0.25, 0.3) is 0 Å². The van der Waals surface area contributed by atoms with E-state index < -0.39 is 0 Å². The summed E-state index contributed by atoms with van der Waals surface area (Å²) < 4.78 is 7.52. The van der Waals surface area contributed by atoms with Crippen molar-refractivity contribution in [3.63, 3.8) is 0 Å². The zero-order chi connectivity index (χ0) is 20.1. The number of halogens is 4. The highest BCUT2D eigenvalue weighted by Crippen LogP contribution is 2.36. The predicted molar refractivity (Wildman–Crippen MR) is 123 cm³/mol. The van der Waals surface area contributed by atoms with Gasteiger partial charge in [-0.2, -0.15) is 5.26 Å². The topological polar surface area (TPSA) is 33.0 Å². The second-order valence-corrected chi connectivity index (χ2v) is 8.41. The van der Waals surface area contributed by atoms with E-state index in [0.717, 1.165) is 20.1 Å². The van der Waals surface area contributed by atoms with Crippen LogP contribution < -0.4 is 4.74 Å². The van der Waals surface area contributed by atoms with E-state index in [0.29, 0.717) is 33.5 Å². The number of hydrogen-bond acceptors (Lipinski definition) is 2. The Kier molecular flexibility index (Phi) is 7.20. The normalized spacial score (nSPS) is 11.2. The van der Waals surface area contributed by atoms with Gasteiger partial charge < -0.3 is 4.74 Å². The van der Waals surface area contributed by atoms with Crippen LogP contribution in [-0.4, -0.2) is 0 Å². The van der Waals surface area contributed by atoms with Gasteiger partial charge in [0.05, 0.1) is 30.6 Å². The molecule has 0 aliphatic rings. The summed E-state index contributed by atoms with van der Waals surface area (Å²) in [6, 6.07) is 21.1. The monoisotopic (exact) mass is 535 g/mol. The van der Waals surface area contributed by atoms with Gasteiger partial charge in [-0.15, -0.1) is 0 Å². The van der Waals surface area contributed by atoms with Crippen molar-refractivity contribution in [2.75, 3.05) is 0 Å². The Morgan fingerprint density at radius 2 is 1.64 bits per heavy atom. The summed E-state index contributed by atoms with van der Waals surface area (Å²) in [6.07, 6.45) is 1.79. The van der Waals surface area contributed by atoms with Crippen LogP contribution in [-0.2, 0) is 6.61 Å². The molecule has 3 aromatic carbocycles. The molecule has 6 heteroatoms. The Balaban J connectivity index is 1.87. The first kappa shape index (κ1) is 21.0. The fourth-order valence-electron chi connectivity index (χ4n) is 2.54. The zero-order valence-corrected chi connectivity index (χ0v) is 19.1. The lowest BCUT2D eigenvalue weighted by atomic mass is 10.0. The van der Waals surface area contributed by atoms with Crippen molar-refractivity contribution in [1.82, 2.24) is 0 Å². The zero-order valence-electron chi connectivity index (χ0n) is 14.4. The van der Waals surface area contributed by atoms with Crippen LogP contribution in [0.1, 0.15) is 16.7 Å². The summed E-state index contributed by atoms with van der Waals surface area (Å²) >= 11 is 19.1. The molecule has 0 atom stereocenters. The number of benzene rings is 3. The van der Waals surface area contributed by atoms with Crippen LogP contribution in [0.25, 0.3) is 11.6 Å². The SMILES string of the molecule is N#C/C(=C/c1cc(Br)c(OCc2ccccc2)c(Br)c1)c1ccc(Cl)c(Cl)c1. The molecule has 0 N–H and O–H groups in total. The minimum absolute atomic E-state index is 0.410. The minimum atomic E-state index is 0.410. The largest absolute Gasteiger partial charge is 0.487 e. The molecule has 28 heavy (non-hydrogen) atoms. The van der Waals surface area contributed by atoms with Gasteiger partial charge in [0, 0.05) is 0 Å². The van der Waals surface area contributed by atoms with Crippen LogP contribution >= 0.6 is 55.1 Å². The van der Waals surface area contributed by atoms with Crippen molar-refractivity contribution in [3.8, 4) is 11.8 Å². The highest BCUT2D eigenvalue weighted by molar-refractivity contribution is 9.11. The van der Waals surface area contributed by atoms with E-state index in [2.05, 4.69) is 37.9 Å². The number of hydrogen-bond donors (Lipinski definition) is 0. The molecular formula is C22H13Br2Cl2NO. The summed E-state index contributed by atoms with van der Waals surface area (Å²) in [4.78, 5) is 0. The molecule has 0 heterocycles. The number of rotatable bonds is 5. The number of nitrogens with zero attached hydrogens (tertiary/aromatic N) is 1. The van der Waals surface area contributed by atoms with Crippen LogP contribution in [0.15, 0.2) is 69.6 Å². The first-order chi connectivity index (χ1) is 13.5. The molecule has 0 radical (unpaired) electrons. The fourth-order valence-corrected chi connectivity index (χ4v) is 4.29. The number of nitriles is 1. The number of allylic oxidation sites excluding steroid dienone is 1. The maximum atomic E-state index is 9.56. The molecule has 3 rings (SSSR count). The van der Waals surface area contributed by atoms with Crippen LogP contribution in [0.2, 0.25) is 10.0 Å². The van der Waals surface area contributed by atoms with Gasteiger partial charge in [-0.1, -0.05) is 59.6 Å². The molecule has 0 aliphatic heterocycles. The molecule has 0 saturated heterocycles. The first-order valence-electron chi connectivity index (χ1n) is 8.21. The van der Waals surface area contributed by atoms with Gasteiger partial charge >= 0.3 is 0 Å². The Labute approximate surface area is 190 Å². The highest BCUT2D eigenvalue weighted by atomic mass is 79.9. The standard InChI is InChI=1S/C22H13Br2Cl2NO/c23-18-9-15(8-17(12-27)16-6-7-20(25)21(26)11-16)10-19(24)22(18)28-13-14-4-2-1-3-5-14/h1-11H,13H2/b17-8-.